The molecule has 1 aliphatic rings. The van der Waals surface area contributed by atoms with Crippen LogP contribution in [-0.2, 0) is 16.1 Å². The summed E-state index contributed by atoms with van der Waals surface area (Å²) < 4.78 is 0. The maximum absolute atomic E-state index is 12.7. The van der Waals surface area contributed by atoms with Gasteiger partial charge in [0.2, 0.25) is 11.8 Å². The van der Waals surface area contributed by atoms with Gasteiger partial charge in [-0.1, -0.05) is 25.1 Å². The molecule has 1 aliphatic heterocycles. The zero-order valence-electron chi connectivity index (χ0n) is 13.5. The number of benzene rings is 1. The van der Waals surface area contributed by atoms with E-state index < -0.39 is 0 Å². The zero-order valence-corrected chi connectivity index (χ0v) is 14.4. The number of thioether (sulfide) groups is 1. The molecule has 5 heteroatoms. The molecule has 1 aromatic carbocycles. The lowest BCUT2D eigenvalue weighted by Gasteiger charge is -2.30. The van der Waals surface area contributed by atoms with Crippen molar-refractivity contribution in [2.24, 2.45) is 0 Å². The summed E-state index contributed by atoms with van der Waals surface area (Å²) in [4.78, 5) is 29.3. The van der Waals surface area contributed by atoms with Gasteiger partial charge in [-0.2, -0.15) is 0 Å². The molecule has 0 aromatic heterocycles. The fourth-order valence-corrected chi connectivity index (χ4v) is 3.56. The number of amides is 2. The van der Waals surface area contributed by atoms with Crippen LogP contribution >= 0.6 is 11.8 Å². The van der Waals surface area contributed by atoms with Crippen LogP contribution in [0.4, 0.5) is 0 Å². The molecule has 4 nitrogen and oxygen atoms in total. The Morgan fingerprint density at radius 3 is 2.73 bits per heavy atom. The lowest BCUT2D eigenvalue weighted by molar-refractivity contribution is -0.143. The standard InChI is InChI=1S/C17H24N2O2S/c1-4-14(19-11-7-10-16(19)20)17(21)18(2)12-13-8-5-6-9-15(13)22-3/h5-6,8-9,14H,4,7,10-12H2,1-3H3. The monoisotopic (exact) mass is 320 g/mol. The number of nitrogens with zero attached hydrogens (tertiary/aromatic N) is 2. The van der Waals surface area contributed by atoms with E-state index in [1.54, 1.807) is 21.6 Å². The predicted octanol–water partition coefficient (Wildman–Crippen LogP) is 2.77. The minimum Gasteiger partial charge on any atom is -0.340 e. The highest BCUT2D eigenvalue weighted by Crippen LogP contribution is 2.22. The van der Waals surface area contributed by atoms with Crippen molar-refractivity contribution in [3.05, 3.63) is 29.8 Å². The van der Waals surface area contributed by atoms with E-state index in [2.05, 4.69) is 12.1 Å². The number of rotatable bonds is 6. The molecule has 1 heterocycles. The van der Waals surface area contributed by atoms with Crippen LogP contribution in [0.3, 0.4) is 0 Å². The molecular formula is C17H24N2O2S. The lowest BCUT2D eigenvalue weighted by Crippen LogP contribution is -2.47. The molecule has 0 aliphatic carbocycles. The average molecular weight is 320 g/mol. The van der Waals surface area contributed by atoms with Crippen LogP contribution in [0.1, 0.15) is 31.7 Å². The molecule has 1 unspecified atom stereocenters. The largest absolute Gasteiger partial charge is 0.340 e. The molecule has 2 amide bonds. The normalized spacial score (nSPS) is 16.0. The lowest BCUT2D eigenvalue weighted by atomic mass is 10.1. The number of hydrogen-bond acceptors (Lipinski definition) is 3. The maximum Gasteiger partial charge on any atom is 0.245 e. The van der Waals surface area contributed by atoms with Crippen molar-refractivity contribution in [2.45, 2.75) is 43.7 Å². The van der Waals surface area contributed by atoms with Crippen molar-refractivity contribution in [1.82, 2.24) is 9.80 Å². The molecule has 0 radical (unpaired) electrons. The van der Waals surface area contributed by atoms with Crippen molar-refractivity contribution < 1.29 is 9.59 Å². The first-order valence-electron chi connectivity index (χ1n) is 7.74. The Morgan fingerprint density at radius 2 is 2.14 bits per heavy atom. The molecule has 1 atom stereocenters. The van der Waals surface area contributed by atoms with Crippen LogP contribution < -0.4 is 0 Å². The minimum atomic E-state index is -0.318. The number of hydrogen-bond donors (Lipinski definition) is 0. The van der Waals surface area contributed by atoms with E-state index in [0.29, 0.717) is 25.9 Å². The maximum atomic E-state index is 12.7. The second-order valence-electron chi connectivity index (χ2n) is 5.62. The molecule has 0 spiro atoms. The van der Waals surface area contributed by atoms with Crippen molar-refractivity contribution in [3.63, 3.8) is 0 Å². The first-order chi connectivity index (χ1) is 10.6. The summed E-state index contributed by atoms with van der Waals surface area (Å²) in [5.74, 6) is 0.145. The smallest absolute Gasteiger partial charge is 0.245 e. The summed E-state index contributed by atoms with van der Waals surface area (Å²) in [7, 11) is 1.82. The van der Waals surface area contributed by atoms with Gasteiger partial charge in [-0.25, -0.2) is 0 Å². The molecule has 0 N–H and O–H groups in total. The van der Waals surface area contributed by atoms with Gasteiger partial charge in [-0.3, -0.25) is 9.59 Å². The molecule has 0 saturated carbocycles. The van der Waals surface area contributed by atoms with Crippen LogP contribution in [0.2, 0.25) is 0 Å². The van der Waals surface area contributed by atoms with E-state index >= 15 is 0 Å². The van der Waals surface area contributed by atoms with E-state index in [1.807, 2.05) is 32.4 Å². The molecule has 1 aromatic rings. The molecule has 0 bridgehead atoms. The number of likely N-dealkylation sites (N-methyl/N-ethyl adjacent to an activating group) is 1. The second-order valence-corrected chi connectivity index (χ2v) is 6.47. The van der Waals surface area contributed by atoms with Crippen LogP contribution in [0.25, 0.3) is 0 Å². The molecule has 2 rings (SSSR count). The Bertz CT molecular complexity index is 547. The van der Waals surface area contributed by atoms with E-state index in [-0.39, 0.29) is 17.9 Å². The van der Waals surface area contributed by atoms with Gasteiger partial charge in [0.1, 0.15) is 6.04 Å². The third-order valence-electron chi connectivity index (χ3n) is 4.13. The van der Waals surface area contributed by atoms with Crippen molar-refractivity contribution >= 4 is 23.6 Å². The van der Waals surface area contributed by atoms with Gasteiger partial charge in [0.15, 0.2) is 0 Å². The highest BCUT2D eigenvalue weighted by Gasteiger charge is 2.33. The number of likely N-dealkylation sites (tertiary alicyclic amines) is 1. The summed E-state index contributed by atoms with van der Waals surface area (Å²) in [5, 5.41) is 0. The molecule has 1 saturated heterocycles. The van der Waals surface area contributed by atoms with Gasteiger partial charge < -0.3 is 9.80 Å². The van der Waals surface area contributed by atoms with E-state index in [9.17, 15) is 9.59 Å². The number of carbonyl (C=O) groups is 2. The third-order valence-corrected chi connectivity index (χ3v) is 4.97. The van der Waals surface area contributed by atoms with Crippen molar-refractivity contribution in [1.29, 1.82) is 0 Å². The summed E-state index contributed by atoms with van der Waals surface area (Å²) >= 11 is 1.69. The molecular weight excluding hydrogens is 296 g/mol. The fourth-order valence-electron chi connectivity index (χ4n) is 2.95. The van der Waals surface area contributed by atoms with Gasteiger partial charge >= 0.3 is 0 Å². The van der Waals surface area contributed by atoms with E-state index in [0.717, 1.165) is 12.0 Å². The van der Waals surface area contributed by atoms with Gasteiger partial charge in [0, 0.05) is 31.5 Å². The van der Waals surface area contributed by atoms with Crippen LogP contribution in [0.15, 0.2) is 29.2 Å². The zero-order chi connectivity index (χ0) is 16.1. The number of carbonyl (C=O) groups excluding carboxylic acids is 2. The highest BCUT2D eigenvalue weighted by atomic mass is 32.2. The average Bonchev–Trinajstić information content (AvgIpc) is 2.94. The molecule has 1 fully saturated rings. The highest BCUT2D eigenvalue weighted by molar-refractivity contribution is 7.98. The summed E-state index contributed by atoms with van der Waals surface area (Å²) in [5.41, 5.74) is 1.15. The topological polar surface area (TPSA) is 40.6 Å². The quantitative estimate of drug-likeness (QED) is 0.757. The predicted molar refractivity (Wildman–Crippen MR) is 89.7 cm³/mol. The van der Waals surface area contributed by atoms with Gasteiger partial charge in [-0.05, 0) is 30.7 Å². The third kappa shape index (κ3) is 3.64. The van der Waals surface area contributed by atoms with Gasteiger partial charge in [0.25, 0.3) is 0 Å². The van der Waals surface area contributed by atoms with Crippen LogP contribution in [0.5, 0.6) is 0 Å². The Labute approximate surface area is 136 Å². The second kappa shape index (κ2) is 7.68. The van der Waals surface area contributed by atoms with Gasteiger partial charge in [-0.15, -0.1) is 11.8 Å². The summed E-state index contributed by atoms with van der Waals surface area (Å²) in [6.07, 6.45) is 4.14. The van der Waals surface area contributed by atoms with Crippen molar-refractivity contribution in [3.8, 4) is 0 Å². The van der Waals surface area contributed by atoms with E-state index in [1.165, 1.54) is 4.90 Å². The van der Waals surface area contributed by atoms with Crippen molar-refractivity contribution in [2.75, 3.05) is 19.8 Å². The molecule has 22 heavy (non-hydrogen) atoms. The molecule has 120 valence electrons. The van der Waals surface area contributed by atoms with Crippen LogP contribution in [-0.4, -0.2) is 47.5 Å². The minimum absolute atomic E-state index is 0.0358. The first-order valence-corrected chi connectivity index (χ1v) is 8.97. The first kappa shape index (κ1) is 16.9. The Hall–Kier alpha value is -1.49. The SMILES string of the molecule is CCC(C(=O)N(C)Cc1ccccc1SC)N1CCCC1=O. The Balaban J connectivity index is 2.08. The Morgan fingerprint density at radius 1 is 1.41 bits per heavy atom. The fraction of sp³-hybridized carbons (Fsp3) is 0.529. The van der Waals surface area contributed by atoms with Gasteiger partial charge in [0.05, 0.1) is 0 Å². The summed E-state index contributed by atoms with van der Waals surface area (Å²) in [6, 6.07) is 7.81. The Kier molecular flexibility index (Phi) is 5.89. The summed E-state index contributed by atoms with van der Waals surface area (Å²) in [6.45, 7) is 3.25. The van der Waals surface area contributed by atoms with E-state index in [4.69, 9.17) is 0 Å². The van der Waals surface area contributed by atoms with Crippen LogP contribution in [0, 0.1) is 0 Å².